The van der Waals surface area contributed by atoms with Crippen molar-refractivity contribution in [1.82, 2.24) is 0 Å². The monoisotopic (exact) mass is 313 g/mol. The molecule has 0 heterocycles. The van der Waals surface area contributed by atoms with Crippen LogP contribution in [-0.2, 0) is 17.6 Å². The Morgan fingerprint density at radius 2 is 1.91 bits per heavy atom. The maximum Gasteiger partial charge on any atom is 0.0494 e. The lowest BCUT2D eigenvalue weighted by molar-refractivity contribution is 0.109. The predicted molar refractivity (Wildman–Crippen MR) is 94.7 cm³/mol. The number of hydrogen-bond donors (Lipinski definition) is 1. The lowest BCUT2D eigenvalue weighted by Gasteiger charge is -2.26. The second kappa shape index (κ2) is 6.94. The molecule has 1 aromatic carbocycles. The normalized spacial score (nSPS) is 30.4. The van der Waals surface area contributed by atoms with Gasteiger partial charge in [-0.05, 0) is 92.2 Å². The van der Waals surface area contributed by atoms with Gasteiger partial charge in [0.05, 0.1) is 0 Å². The lowest BCUT2D eigenvalue weighted by Crippen LogP contribution is -2.17. The van der Waals surface area contributed by atoms with Crippen LogP contribution in [0.15, 0.2) is 18.2 Å². The van der Waals surface area contributed by atoms with Gasteiger partial charge in [-0.1, -0.05) is 18.2 Å². The maximum atomic E-state index is 6.09. The van der Waals surface area contributed by atoms with Gasteiger partial charge in [-0.15, -0.1) is 0 Å². The Hall–Kier alpha value is -0.860. The maximum absolute atomic E-state index is 6.09. The summed E-state index contributed by atoms with van der Waals surface area (Å²) in [7, 11) is 0. The van der Waals surface area contributed by atoms with Crippen LogP contribution in [0.1, 0.15) is 67.6 Å². The summed E-state index contributed by atoms with van der Waals surface area (Å²) in [6, 6.07) is 7.72. The van der Waals surface area contributed by atoms with Crippen molar-refractivity contribution in [3.05, 3.63) is 34.9 Å². The van der Waals surface area contributed by atoms with Crippen LogP contribution < -0.4 is 5.73 Å². The molecule has 0 bridgehead atoms. The minimum atomic E-state index is 0.427. The summed E-state index contributed by atoms with van der Waals surface area (Å²) < 4.78 is 5.83. The highest BCUT2D eigenvalue weighted by Gasteiger charge is 2.25. The molecule has 2 nitrogen and oxygen atoms in total. The summed E-state index contributed by atoms with van der Waals surface area (Å²) >= 11 is 0. The van der Waals surface area contributed by atoms with E-state index in [2.05, 4.69) is 18.2 Å². The highest BCUT2D eigenvalue weighted by atomic mass is 16.5. The van der Waals surface area contributed by atoms with Crippen molar-refractivity contribution in [2.45, 2.75) is 69.7 Å². The average Bonchev–Trinajstić information content (AvgIpc) is 3.30. The van der Waals surface area contributed by atoms with Gasteiger partial charge in [0.1, 0.15) is 0 Å². The van der Waals surface area contributed by atoms with Crippen LogP contribution in [0.5, 0.6) is 0 Å². The number of rotatable bonds is 6. The van der Waals surface area contributed by atoms with Crippen LogP contribution in [0.25, 0.3) is 0 Å². The Bertz CT molecular complexity index is 537. The summed E-state index contributed by atoms with van der Waals surface area (Å²) in [6.07, 6.45) is 11.5. The third kappa shape index (κ3) is 3.97. The molecule has 0 amide bonds. The summed E-state index contributed by atoms with van der Waals surface area (Å²) in [5, 5.41) is 0. The molecule has 23 heavy (non-hydrogen) atoms. The van der Waals surface area contributed by atoms with Gasteiger partial charge in [0.2, 0.25) is 0 Å². The molecule has 0 aliphatic heterocycles. The molecule has 3 unspecified atom stereocenters. The van der Waals surface area contributed by atoms with Crippen molar-refractivity contribution >= 4 is 0 Å². The molecule has 4 rings (SSSR count). The molecule has 3 aliphatic rings. The van der Waals surface area contributed by atoms with Crippen LogP contribution >= 0.6 is 0 Å². The first kappa shape index (κ1) is 15.7. The molecule has 1 aromatic rings. The van der Waals surface area contributed by atoms with E-state index in [0.29, 0.717) is 12.0 Å². The van der Waals surface area contributed by atoms with E-state index in [1.165, 1.54) is 57.8 Å². The first-order valence-corrected chi connectivity index (χ1v) is 9.73. The number of ether oxygens (including phenoxy) is 1. The highest BCUT2D eigenvalue weighted by Crippen LogP contribution is 2.36. The van der Waals surface area contributed by atoms with E-state index >= 15 is 0 Å². The Morgan fingerprint density at radius 3 is 2.70 bits per heavy atom. The van der Waals surface area contributed by atoms with E-state index in [4.69, 9.17) is 10.5 Å². The summed E-state index contributed by atoms with van der Waals surface area (Å²) in [4.78, 5) is 0. The first-order chi connectivity index (χ1) is 11.3. The quantitative estimate of drug-likeness (QED) is 0.799. The molecule has 0 radical (unpaired) electrons. The van der Waals surface area contributed by atoms with E-state index in [-0.39, 0.29) is 0 Å². The van der Waals surface area contributed by atoms with Crippen LogP contribution in [0, 0.1) is 11.8 Å². The zero-order chi connectivity index (χ0) is 15.6. The third-order valence-electron chi connectivity index (χ3n) is 6.23. The van der Waals surface area contributed by atoms with Gasteiger partial charge in [-0.3, -0.25) is 0 Å². The van der Waals surface area contributed by atoms with E-state index in [1.54, 1.807) is 16.7 Å². The van der Waals surface area contributed by atoms with Crippen LogP contribution in [0.2, 0.25) is 0 Å². The zero-order valence-corrected chi connectivity index (χ0v) is 14.3. The third-order valence-corrected chi connectivity index (χ3v) is 6.23. The summed E-state index contributed by atoms with van der Waals surface area (Å²) in [6.45, 7) is 1.98. The lowest BCUT2D eigenvalue weighted by atomic mass is 9.80. The van der Waals surface area contributed by atoms with Crippen LogP contribution in [-0.4, -0.2) is 19.3 Å². The number of fused-ring (bicyclic) bond motifs is 1. The van der Waals surface area contributed by atoms with Crippen LogP contribution in [0.3, 0.4) is 0 Å². The van der Waals surface area contributed by atoms with Gasteiger partial charge < -0.3 is 10.5 Å². The second-order valence-electron chi connectivity index (χ2n) is 8.21. The Morgan fingerprint density at radius 1 is 1.00 bits per heavy atom. The smallest absolute Gasteiger partial charge is 0.0494 e. The van der Waals surface area contributed by atoms with Gasteiger partial charge >= 0.3 is 0 Å². The molecular formula is C21H31NO. The molecule has 126 valence electrons. The van der Waals surface area contributed by atoms with Gasteiger partial charge in [-0.25, -0.2) is 0 Å². The SMILES string of the molecule is NC1CCC(c2ccc3c(c2)CCC(CCOCC2CC2)C3)C1. The predicted octanol–water partition coefficient (Wildman–Crippen LogP) is 4.20. The Labute approximate surface area is 140 Å². The molecule has 0 spiro atoms. The van der Waals surface area contributed by atoms with Gasteiger partial charge in [0.15, 0.2) is 0 Å². The molecule has 0 saturated heterocycles. The van der Waals surface area contributed by atoms with Crippen molar-refractivity contribution in [3.63, 3.8) is 0 Å². The average molecular weight is 313 g/mol. The number of aryl methyl sites for hydroxylation is 1. The van der Waals surface area contributed by atoms with Crippen molar-refractivity contribution in [3.8, 4) is 0 Å². The van der Waals surface area contributed by atoms with E-state index in [9.17, 15) is 0 Å². The van der Waals surface area contributed by atoms with Gasteiger partial charge in [0, 0.05) is 19.3 Å². The van der Waals surface area contributed by atoms with Crippen molar-refractivity contribution < 1.29 is 4.74 Å². The fourth-order valence-corrected chi connectivity index (χ4v) is 4.45. The van der Waals surface area contributed by atoms with Crippen molar-refractivity contribution in [1.29, 1.82) is 0 Å². The van der Waals surface area contributed by atoms with E-state index in [0.717, 1.165) is 25.0 Å². The summed E-state index contributed by atoms with van der Waals surface area (Å²) in [5.74, 6) is 2.43. The molecule has 3 aliphatic carbocycles. The highest BCUT2D eigenvalue weighted by molar-refractivity contribution is 5.36. The topological polar surface area (TPSA) is 35.2 Å². The fraction of sp³-hybridized carbons (Fsp3) is 0.714. The van der Waals surface area contributed by atoms with Gasteiger partial charge in [-0.2, -0.15) is 0 Å². The van der Waals surface area contributed by atoms with Crippen molar-refractivity contribution in [2.75, 3.05) is 13.2 Å². The Balaban J connectivity index is 1.30. The molecule has 0 aromatic heterocycles. The molecule has 2 N–H and O–H groups in total. The molecule has 2 saturated carbocycles. The fourth-order valence-electron chi connectivity index (χ4n) is 4.45. The van der Waals surface area contributed by atoms with E-state index < -0.39 is 0 Å². The molecule has 2 heteroatoms. The first-order valence-electron chi connectivity index (χ1n) is 9.73. The van der Waals surface area contributed by atoms with Crippen LogP contribution in [0.4, 0.5) is 0 Å². The minimum Gasteiger partial charge on any atom is -0.381 e. The zero-order valence-electron chi connectivity index (χ0n) is 14.3. The summed E-state index contributed by atoms with van der Waals surface area (Å²) in [5.41, 5.74) is 10.8. The molecule has 2 fully saturated rings. The van der Waals surface area contributed by atoms with Crippen molar-refractivity contribution in [2.24, 2.45) is 17.6 Å². The standard InChI is InChI=1S/C21H31NO/c22-21-8-7-20(13-21)19-6-5-17-11-15(3-4-18(17)12-19)9-10-23-14-16-1-2-16/h5-6,12,15-16,20-21H,1-4,7-11,13-14,22H2. The minimum absolute atomic E-state index is 0.427. The largest absolute Gasteiger partial charge is 0.381 e. The molecule has 3 atom stereocenters. The van der Waals surface area contributed by atoms with Gasteiger partial charge in [0.25, 0.3) is 0 Å². The van der Waals surface area contributed by atoms with E-state index in [1.807, 2.05) is 0 Å². The Kier molecular flexibility index (Phi) is 4.73. The number of hydrogen-bond acceptors (Lipinski definition) is 2. The second-order valence-corrected chi connectivity index (χ2v) is 8.21. The number of benzene rings is 1. The number of nitrogens with two attached hydrogens (primary N) is 1. The molecular weight excluding hydrogens is 282 g/mol.